The molecule has 0 saturated carbocycles. The highest BCUT2D eigenvalue weighted by atomic mass is 16.5. The summed E-state index contributed by atoms with van der Waals surface area (Å²) >= 11 is 0. The van der Waals surface area contributed by atoms with Crippen molar-refractivity contribution in [2.24, 2.45) is 5.73 Å². The number of hydrogen-bond acceptors (Lipinski definition) is 4. The molecular formula is C16H19N3O2. The molecule has 0 radical (unpaired) electrons. The van der Waals surface area contributed by atoms with Gasteiger partial charge in [-0.3, -0.25) is 4.79 Å². The molecule has 2 aromatic rings. The Bertz CT molecular complexity index is 594. The van der Waals surface area contributed by atoms with Gasteiger partial charge in [0.15, 0.2) is 0 Å². The summed E-state index contributed by atoms with van der Waals surface area (Å²) in [5, 5.41) is 2.74. The van der Waals surface area contributed by atoms with Crippen LogP contribution in [0.3, 0.4) is 0 Å². The van der Waals surface area contributed by atoms with E-state index in [2.05, 4.69) is 10.3 Å². The van der Waals surface area contributed by atoms with Gasteiger partial charge in [-0.05, 0) is 25.5 Å². The van der Waals surface area contributed by atoms with Gasteiger partial charge in [-0.15, -0.1) is 0 Å². The first-order valence-corrected chi connectivity index (χ1v) is 6.82. The molecule has 21 heavy (non-hydrogen) atoms. The molecule has 0 spiro atoms. The van der Waals surface area contributed by atoms with E-state index in [0.717, 1.165) is 11.1 Å². The lowest BCUT2D eigenvalue weighted by Gasteiger charge is -2.13. The van der Waals surface area contributed by atoms with Gasteiger partial charge >= 0.3 is 0 Å². The van der Waals surface area contributed by atoms with E-state index in [1.54, 1.807) is 18.3 Å². The maximum absolute atomic E-state index is 12.1. The highest BCUT2D eigenvalue weighted by Gasteiger charge is 2.15. The zero-order valence-electron chi connectivity index (χ0n) is 12.2. The first-order valence-electron chi connectivity index (χ1n) is 6.82. The Balaban J connectivity index is 2.01. The second kappa shape index (κ2) is 6.85. The molecule has 5 heteroatoms. The molecule has 110 valence electrons. The topological polar surface area (TPSA) is 77.2 Å². The molecule has 0 bridgehead atoms. The Kier molecular flexibility index (Phi) is 4.90. The van der Waals surface area contributed by atoms with Gasteiger partial charge < -0.3 is 15.8 Å². The molecule has 0 aliphatic rings. The average molecular weight is 285 g/mol. The fourth-order valence-electron chi connectivity index (χ4n) is 1.83. The number of pyridine rings is 1. The molecule has 0 aliphatic carbocycles. The van der Waals surface area contributed by atoms with Gasteiger partial charge in [-0.2, -0.15) is 0 Å². The molecule has 1 heterocycles. The number of nitrogens with one attached hydrogen (secondary N) is 1. The third kappa shape index (κ3) is 4.03. The molecule has 1 aromatic heterocycles. The predicted molar refractivity (Wildman–Crippen MR) is 82.1 cm³/mol. The van der Waals surface area contributed by atoms with Gasteiger partial charge in [0, 0.05) is 6.07 Å². The summed E-state index contributed by atoms with van der Waals surface area (Å²) in [6.45, 7) is 4.43. The minimum Gasteiger partial charge on any atom is -0.478 e. The number of amides is 1. The summed E-state index contributed by atoms with van der Waals surface area (Å²) in [6.07, 6.45) is 1.55. The first-order chi connectivity index (χ1) is 10.1. The highest BCUT2D eigenvalue weighted by Crippen LogP contribution is 2.16. The van der Waals surface area contributed by atoms with Crippen LogP contribution in [0, 0.1) is 6.92 Å². The monoisotopic (exact) mass is 285 g/mol. The Labute approximate surface area is 124 Å². The Morgan fingerprint density at radius 3 is 2.57 bits per heavy atom. The molecule has 0 saturated heterocycles. The summed E-state index contributed by atoms with van der Waals surface area (Å²) in [5.41, 5.74) is 8.45. The zero-order valence-corrected chi connectivity index (χ0v) is 12.2. The summed E-state index contributed by atoms with van der Waals surface area (Å²) in [6, 6.07) is 10.3. The number of anilines is 1. The van der Waals surface area contributed by atoms with Crippen LogP contribution in [-0.2, 0) is 4.79 Å². The fourth-order valence-corrected chi connectivity index (χ4v) is 1.83. The lowest BCUT2D eigenvalue weighted by atomic mass is 10.1. The van der Waals surface area contributed by atoms with Crippen LogP contribution in [0.25, 0.3) is 0 Å². The number of benzene rings is 1. The number of rotatable bonds is 5. The van der Waals surface area contributed by atoms with Gasteiger partial charge in [-0.1, -0.05) is 29.8 Å². The number of aryl methyl sites for hydroxylation is 1. The van der Waals surface area contributed by atoms with Gasteiger partial charge in [0.2, 0.25) is 11.8 Å². The second-order valence-corrected chi connectivity index (χ2v) is 4.70. The number of ether oxygens (including phenoxy) is 1. The van der Waals surface area contributed by atoms with E-state index in [4.69, 9.17) is 10.5 Å². The maximum Gasteiger partial charge on any atom is 0.245 e. The van der Waals surface area contributed by atoms with Crippen molar-refractivity contribution < 1.29 is 9.53 Å². The lowest BCUT2D eigenvalue weighted by Crippen LogP contribution is -2.27. The van der Waals surface area contributed by atoms with Crippen molar-refractivity contribution in [3.05, 3.63) is 53.7 Å². The van der Waals surface area contributed by atoms with E-state index < -0.39 is 6.04 Å². The van der Waals surface area contributed by atoms with Crippen molar-refractivity contribution in [2.45, 2.75) is 19.9 Å². The average Bonchev–Trinajstić information content (AvgIpc) is 2.49. The van der Waals surface area contributed by atoms with Crippen LogP contribution in [-0.4, -0.2) is 17.5 Å². The van der Waals surface area contributed by atoms with Crippen molar-refractivity contribution in [3.63, 3.8) is 0 Å². The Hall–Kier alpha value is -2.40. The lowest BCUT2D eigenvalue weighted by molar-refractivity contribution is -0.117. The Morgan fingerprint density at radius 1 is 1.29 bits per heavy atom. The van der Waals surface area contributed by atoms with Crippen LogP contribution in [0.4, 0.5) is 5.69 Å². The number of carbonyl (C=O) groups excluding carboxylic acids is 1. The number of hydrogen-bond donors (Lipinski definition) is 2. The smallest absolute Gasteiger partial charge is 0.245 e. The van der Waals surface area contributed by atoms with Gasteiger partial charge in [0.25, 0.3) is 0 Å². The third-order valence-corrected chi connectivity index (χ3v) is 3.02. The quantitative estimate of drug-likeness (QED) is 0.884. The molecule has 1 unspecified atom stereocenters. The summed E-state index contributed by atoms with van der Waals surface area (Å²) < 4.78 is 5.25. The number of nitrogens with two attached hydrogens (primary N) is 1. The number of carbonyl (C=O) groups is 1. The highest BCUT2D eigenvalue weighted by molar-refractivity contribution is 5.95. The van der Waals surface area contributed by atoms with Crippen LogP contribution in [0.2, 0.25) is 0 Å². The van der Waals surface area contributed by atoms with E-state index in [1.165, 1.54) is 0 Å². The summed E-state index contributed by atoms with van der Waals surface area (Å²) in [7, 11) is 0. The van der Waals surface area contributed by atoms with Gasteiger partial charge in [-0.25, -0.2) is 4.98 Å². The van der Waals surface area contributed by atoms with Crippen LogP contribution in [0.5, 0.6) is 5.88 Å². The van der Waals surface area contributed by atoms with E-state index >= 15 is 0 Å². The summed E-state index contributed by atoms with van der Waals surface area (Å²) in [4.78, 5) is 16.2. The number of aromatic nitrogens is 1. The van der Waals surface area contributed by atoms with E-state index in [0.29, 0.717) is 18.2 Å². The molecule has 5 nitrogen and oxygen atoms in total. The maximum atomic E-state index is 12.1. The van der Waals surface area contributed by atoms with E-state index in [9.17, 15) is 4.79 Å². The molecule has 0 fully saturated rings. The number of nitrogens with zero attached hydrogens (tertiary/aromatic N) is 1. The van der Waals surface area contributed by atoms with Crippen molar-refractivity contribution >= 4 is 11.6 Å². The van der Waals surface area contributed by atoms with E-state index in [-0.39, 0.29) is 5.91 Å². The molecule has 3 N–H and O–H groups in total. The van der Waals surface area contributed by atoms with E-state index in [1.807, 2.05) is 38.1 Å². The SMILES string of the molecule is CCOc1ccc(NC(=O)C(N)c2ccc(C)cc2)cn1. The minimum absolute atomic E-state index is 0.273. The molecule has 2 rings (SSSR count). The molecule has 1 aromatic carbocycles. The molecule has 0 aliphatic heterocycles. The Morgan fingerprint density at radius 2 is 2.00 bits per heavy atom. The van der Waals surface area contributed by atoms with Crippen LogP contribution in [0.15, 0.2) is 42.6 Å². The largest absolute Gasteiger partial charge is 0.478 e. The van der Waals surface area contributed by atoms with Crippen molar-refractivity contribution in [1.29, 1.82) is 0 Å². The van der Waals surface area contributed by atoms with Crippen LogP contribution < -0.4 is 15.8 Å². The minimum atomic E-state index is -0.711. The van der Waals surface area contributed by atoms with Gasteiger partial charge in [0.1, 0.15) is 6.04 Å². The zero-order chi connectivity index (χ0) is 15.2. The van der Waals surface area contributed by atoms with Crippen LogP contribution in [0.1, 0.15) is 24.1 Å². The first kappa shape index (κ1) is 15.0. The predicted octanol–water partition coefficient (Wildman–Crippen LogP) is 2.43. The van der Waals surface area contributed by atoms with Crippen LogP contribution >= 0.6 is 0 Å². The summed E-state index contributed by atoms with van der Waals surface area (Å²) in [5.74, 6) is 0.253. The normalized spacial score (nSPS) is 11.8. The van der Waals surface area contributed by atoms with Gasteiger partial charge in [0.05, 0.1) is 18.5 Å². The fraction of sp³-hybridized carbons (Fsp3) is 0.250. The second-order valence-electron chi connectivity index (χ2n) is 4.70. The van der Waals surface area contributed by atoms with Crippen molar-refractivity contribution in [1.82, 2.24) is 4.98 Å². The molecular weight excluding hydrogens is 266 g/mol. The van der Waals surface area contributed by atoms with Crippen molar-refractivity contribution in [3.8, 4) is 5.88 Å². The van der Waals surface area contributed by atoms with Crippen molar-refractivity contribution in [2.75, 3.05) is 11.9 Å². The molecule has 1 amide bonds. The third-order valence-electron chi connectivity index (χ3n) is 3.02. The molecule has 1 atom stereocenters. The standard InChI is InChI=1S/C16H19N3O2/c1-3-21-14-9-8-13(10-18-14)19-16(20)15(17)12-6-4-11(2)5-7-12/h4-10,15H,3,17H2,1-2H3,(H,19,20).